The normalized spacial score (nSPS) is 12.6. The van der Waals surface area contributed by atoms with Crippen LogP contribution in [0.1, 0.15) is 29.8 Å². The molecule has 0 aliphatic carbocycles. The van der Waals surface area contributed by atoms with E-state index in [1.807, 2.05) is 30.9 Å². The SMILES string of the molecule is Cc1c(C(C)n2ccnc2)c2ccccc2n1Cc1ccc(Cl)cc1Cl. The number of hydrogen-bond donors (Lipinski definition) is 0. The van der Waals surface area contributed by atoms with Crippen molar-refractivity contribution in [3.05, 3.63) is 88.1 Å². The smallest absolute Gasteiger partial charge is 0.0951 e. The Bertz CT molecular complexity index is 1060. The minimum atomic E-state index is 0.198. The van der Waals surface area contributed by atoms with Crippen molar-refractivity contribution >= 4 is 34.1 Å². The average Bonchev–Trinajstić information content (AvgIpc) is 3.24. The topological polar surface area (TPSA) is 22.8 Å². The van der Waals surface area contributed by atoms with Gasteiger partial charge in [-0.1, -0.05) is 47.5 Å². The lowest BCUT2D eigenvalue weighted by atomic mass is 10.0. The molecule has 2 aromatic carbocycles. The van der Waals surface area contributed by atoms with Gasteiger partial charge in [-0.15, -0.1) is 0 Å². The number of benzene rings is 2. The van der Waals surface area contributed by atoms with Crippen molar-refractivity contribution in [3.8, 4) is 0 Å². The third-order valence-electron chi connectivity index (χ3n) is 5.01. The molecule has 1 atom stereocenters. The van der Waals surface area contributed by atoms with Crippen LogP contribution in [0.25, 0.3) is 10.9 Å². The molecule has 0 amide bonds. The molecular formula is C21H19Cl2N3. The summed E-state index contributed by atoms with van der Waals surface area (Å²) in [6.45, 7) is 5.08. The molecule has 0 bridgehead atoms. The molecule has 4 rings (SSSR count). The Kier molecular flexibility index (Phi) is 4.51. The molecule has 2 heterocycles. The van der Waals surface area contributed by atoms with Crippen molar-refractivity contribution in [2.75, 3.05) is 0 Å². The number of hydrogen-bond acceptors (Lipinski definition) is 1. The van der Waals surface area contributed by atoms with Gasteiger partial charge in [0.2, 0.25) is 0 Å². The summed E-state index contributed by atoms with van der Waals surface area (Å²) < 4.78 is 4.46. The third-order valence-corrected chi connectivity index (χ3v) is 5.60. The quantitative estimate of drug-likeness (QED) is 0.416. The van der Waals surface area contributed by atoms with E-state index >= 15 is 0 Å². The monoisotopic (exact) mass is 383 g/mol. The number of halogens is 2. The molecule has 0 aliphatic rings. The van der Waals surface area contributed by atoms with Gasteiger partial charge in [0.1, 0.15) is 0 Å². The standard InChI is InChI=1S/C21H19Cl2N3/c1-14(25-10-9-24-13-25)21-15(2)26(20-6-4-3-5-18(20)21)12-16-7-8-17(22)11-19(16)23/h3-11,13-14H,12H2,1-2H3. The maximum atomic E-state index is 6.42. The van der Waals surface area contributed by atoms with E-state index in [0.29, 0.717) is 16.6 Å². The number of fused-ring (bicyclic) bond motifs is 1. The van der Waals surface area contributed by atoms with Crippen LogP contribution >= 0.6 is 23.2 Å². The Labute approximate surface area is 162 Å². The van der Waals surface area contributed by atoms with Gasteiger partial charge in [-0.2, -0.15) is 0 Å². The van der Waals surface area contributed by atoms with Gasteiger partial charge in [-0.05, 0) is 37.6 Å². The van der Waals surface area contributed by atoms with Gasteiger partial charge in [-0.25, -0.2) is 4.98 Å². The van der Waals surface area contributed by atoms with E-state index in [-0.39, 0.29) is 6.04 Å². The summed E-state index contributed by atoms with van der Waals surface area (Å²) in [7, 11) is 0. The first-order chi connectivity index (χ1) is 12.6. The Hall–Kier alpha value is -2.23. The molecule has 5 heteroatoms. The third kappa shape index (κ3) is 2.91. The van der Waals surface area contributed by atoms with Crippen LogP contribution in [0.3, 0.4) is 0 Å². The largest absolute Gasteiger partial charge is 0.340 e. The lowest BCUT2D eigenvalue weighted by molar-refractivity contribution is 0.632. The molecule has 4 aromatic rings. The predicted octanol–water partition coefficient (Wildman–Crippen LogP) is 6.11. The van der Waals surface area contributed by atoms with Crippen molar-refractivity contribution in [1.82, 2.24) is 14.1 Å². The maximum absolute atomic E-state index is 6.42. The number of rotatable bonds is 4. The van der Waals surface area contributed by atoms with Crippen LogP contribution < -0.4 is 0 Å². The fourth-order valence-corrected chi connectivity index (χ4v) is 4.12. The first kappa shape index (κ1) is 17.2. The van der Waals surface area contributed by atoms with Crippen LogP contribution in [-0.2, 0) is 6.54 Å². The average molecular weight is 384 g/mol. The first-order valence-corrected chi connectivity index (χ1v) is 9.31. The van der Waals surface area contributed by atoms with E-state index in [1.54, 1.807) is 6.07 Å². The second-order valence-corrected chi connectivity index (χ2v) is 7.37. The highest BCUT2D eigenvalue weighted by molar-refractivity contribution is 6.35. The zero-order valence-electron chi connectivity index (χ0n) is 14.7. The summed E-state index contributed by atoms with van der Waals surface area (Å²) in [5.41, 5.74) is 4.81. The molecule has 0 N–H and O–H groups in total. The Morgan fingerprint density at radius 3 is 2.65 bits per heavy atom. The maximum Gasteiger partial charge on any atom is 0.0951 e. The minimum Gasteiger partial charge on any atom is -0.340 e. The zero-order valence-corrected chi connectivity index (χ0v) is 16.2. The molecule has 2 aromatic heterocycles. The van der Waals surface area contributed by atoms with Crippen molar-refractivity contribution in [2.45, 2.75) is 26.4 Å². The van der Waals surface area contributed by atoms with Crippen LogP contribution in [-0.4, -0.2) is 14.1 Å². The highest BCUT2D eigenvalue weighted by atomic mass is 35.5. The van der Waals surface area contributed by atoms with Crippen molar-refractivity contribution in [2.24, 2.45) is 0 Å². The van der Waals surface area contributed by atoms with E-state index in [4.69, 9.17) is 23.2 Å². The summed E-state index contributed by atoms with van der Waals surface area (Å²) in [6, 6.07) is 14.4. The molecule has 3 nitrogen and oxygen atoms in total. The van der Waals surface area contributed by atoms with Crippen LogP contribution in [0, 0.1) is 6.92 Å². The molecule has 0 saturated carbocycles. The summed E-state index contributed by atoms with van der Waals surface area (Å²) in [4.78, 5) is 4.20. The highest BCUT2D eigenvalue weighted by Gasteiger charge is 2.20. The molecule has 0 fully saturated rings. The summed E-state index contributed by atoms with van der Waals surface area (Å²) in [5, 5.41) is 2.61. The lowest BCUT2D eigenvalue weighted by Crippen LogP contribution is -2.08. The zero-order chi connectivity index (χ0) is 18.3. The molecule has 0 spiro atoms. The summed E-state index contributed by atoms with van der Waals surface area (Å²) >= 11 is 12.5. The van der Waals surface area contributed by atoms with Gasteiger partial charge >= 0.3 is 0 Å². The van der Waals surface area contributed by atoms with E-state index in [2.05, 4.69) is 52.2 Å². The second kappa shape index (κ2) is 6.82. The van der Waals surface area contributed by atoms with Gasteiger partial charge < -0.3 is 9.13 Å². The number of nitrogens with zero attached hydrogens (tertiary/aromatic N) is 3. The first-order valence-electron chi connectivity index (χ1n) is 8.55. The van der Waals surface area contributed by atoms with Gasteiger partial charge in [0.05, 0.1) is 12.4 Å². The van der Waals surface area contributed by atoms with E-state index < -0.39 is 0 Å². The van der Waals surface area contributed by atoms with Crippen molar-refractivity contribution in [3.63, 3.8) is 0 Å². The number of para-hydroxylation sites is 1. The van der Waals surface area contributed by atoms with Crippen LogP contribution in [0.5, 0.6) is 0 Å². The number of imidazole rings is 1. The summed E-state index contributed by atoms with van der Waals surface area (Å²) in [6.07, 6.45) is 5.69. The Balaban J connectivity index is 1.86. The second-order valence-electron chi connectivity index (χ2n) is 6.52. The van der Waals surface area contributed by atoms with E-state index in [1.165, 1.54) is 22.2 Å². The molecule has 0 radical (unpaired) electrons. The van der Waals surface area contributed by atoms with Crippen molar-refractivity contribution in [1.29, 1.82) is 0 Å². The van der Waals surface area contributed by atoms with E-state index in [9.17, 15) is 0 Å². The molecule has 0 aliphatic heterocycles. The Morgan fingerprint density at radius 1 is 1.12 bits per heavy atom. The van der Waals surface area contributed by atoms with Crippen LogP contribution in [0.4, 0.5) is 0 Å². The van der Waals surface area contributed by atoms with Gasteiger partial charge in [0.15, 0.2) is 0 Å². The fourth-order valence-electron chi connectivity index (χ4n) is 3.66. The van der Waals surface area contributed by atoms with Gasteiger partial charge in [-0.3, -0.25) is 0 Å². The lowest BCUT2D eigenvalue weighted by Gasteiger charge is -2.15. The molecule has 26 heavy (non-hydrogen) atoms. The van der Waals surface area contributed by atoms with E-state index in [0.717, 1.165) is 5.56 Å². The molecule has 1 unspecified atom stereocenters. The molecule has 0 saturated heterocycles. The Morgan fingerprint density at radius 2 is 1.92 bits per heavy atom. The fraction of sp³-hybridized carbons (Fsp3) is 0.190. The van der Waals surface area contributed by atoms with Gasteiger partial charge in [0, 0.05) is 51.1 Å². The summed E-state index contributed by atoms with van der Waals surface area (Å²) in [5.74, 6) is 0. The molecular weight excluding hydrogens is 365 g/mol. The van der Waals surface area contributed by atoms with Crippen LogP contribution in [0.2, 0.25) is 10.0 Å². The number of aromatic nitrogens is 3. The highest BCUT2D eigenvalue weighted by Crippen LogP contribution is 2.34. The van der Waals surface area contributed by atoms with Crippen LogP contribution in [0.15, 0.2) is 61.2 Å². The minimum absolute atomic E-state index is 0.198. The van der Waals surface area contributed by atoms with Gasteiger partial charge in [0.25, 0.3) is 0 Å². The molecule has 132 valence electrons. The van der Waals surface area contributed by atoms with Crippen molar-refractivity contribution < 1.29 is 0 Å². The predicted molar refractivity (Wildman–Crippen MR) is 108 cm³/mol.